The van der Waals surface area contributed by atoms with Crippen LogP contribution in [0.3, 0.4) is 0 Å². The summed E-state index contributed by atoms with van der Waals surface area (Å²) in [5.41, 5.74) is 0. The summed E-state index contributed by atoms with van der Waals surface area (Å²) in [5, 5.41) is 0.377. The molecule has 0 fully saturated rings. The normalized spacial score (nSPS) is 12.0. The van der Waals surface area contributed by atoms with Crippen LogP contribution in [-0.2, 0) is 0 Å². The Morgan fingerprint density at radius 2 is 2.00 bits per heavy atom. The molecular formula is C5H11ClSi. The van der Waals surface area contributed by atoms with Crippen LogP contribution in [0.5, 0.6) is 0 Å². The molecule has 0 aromatic heterocycles. The molecule has 0 aliphatic rings. The van der Waals surface area contributed by atoms with Gasteiger partial charge in [-0.25, -0.2) is 0 Å². The Kier molecular flexibility index (Phi) is 2.92. The molecule has 0 nitrogen and oxygen atoms in total. The van der Waals surface area contributed by atoms with Crippen molar-refractivity contribution in [1.29, 1.82) is 0 Å². The van der Waals surface area contributed by atoms with Gasteiger partial charge in [0.05, 0.1) is 0 Å². The molecule has 0 saturated heterocycles. The molecule has 0 aliphatic carbocycles. The minimum absolute atomic E-state index is 0.377. The fraction of sp³-hybridized carbons (Fsp3) is 1.00. The minimum Gasteiger partial charge on any atom is -0.171 e. The van der Waals surface area contributed by atoms with Gasteiger partial charge in [0.1, 0.15) is 0 Å². The second-order valence-electron chi connectivity index (χ2n) is 2.33. The summed E-state index contributed by atoms with van der Waals surface area (Å²) < 4.78 is 0. The van der Waals surface area contributed by atoms with Crippen LogP contribution in [0.4, 0.5) is 0 Å². The zero-order valence-electron chi connectivity index (χ0n) is 5.09. The van der Waals surface area contributed by atoms with Gasteiger partial charge in [0.25, 0.3) is 0 Å². The van der Waals surface area contributed by atoms with E-state index in [4.69, 9.17) is 11.1 Å². The topological polar surface area (TPSA) is 0 Å². The van der Waals surface area contributed by atoms with Gasteiger partial charge in [-0.05, 0) is 5.04 Å². The third-order valence-electron chi connectivity index (χ3n) is 1.14. The third kappa shape index (κ3) is 3.12. The summed E-state index contributed by atoms with van der Waals surface area (Å²) in [5.74, 6) is 0. The van der Waals surface area contributed by atoms with Gasteiger partial charge in [0.15, 0.2) is 8.83 Å². The Labute approximate surface area is 52.8 Å². The van der Waals surface area contributed by atoms with E-state index < -0.39 is 0 Å². The van der Waals surface area contributed by atoms with Gasteiger partial charge in [0.2, 0.25) is 0 Å². The number of rotatable bonds is 2. The van der Waals surface area contributed by atoms with Crippen molar-refractivity contribution in [2.75, 3.05) is 0 Å². The lowest BCUT2D eigenvalue weighted by Crippen LogP contribution is -2.04. The molecule has 0 rings (SSSR count). The highest BCUT2D eigenvalue weighted by Gasteiger charge is 2.13. The van der Waals surface area contributed by atoms with Gasteiger partial charge in [-0.1, -0.05) is 27.2 Å². The van der Waals surface area contributed by atoms with E-state index in [9.17, 15) is 0 Å². The Hall–Kier alpha value is 0.507. The molecule has 0 aromatic carbocycles. The van der Waals surface area contributed by atoms with Gasteiger partial charge in [-0.15, -0.1) is 0 Å². The van der Waals surface area contributed by atoms with Crippen LogP contribution in [0.1, 0.15) is 27.2 Å². The summed E-state index contributed by atoms with van der Waals surface area (Å²) in [4.78, 5) is 0. The van der Waals surface area contributed by atoms with E-state index in [1.54, 1.807) is 0 Å². The second-order valence-corrected chi connectivity index (χ2v) is 4.44. The molecule has 0 heterocycles. The van der Waals surface area contributed by atoms with Crippen molar-refractivity contribution in [3.05, 3.63) is 0 Å². The fourth-order valence-corrected chi connectivity index (χ4v) is 0.601. The van der Waals surface area contributed by atoms with Crippen LogP contribution in [0, 0.1) is 0 Å². The summed E-state index contributed by atoms with van der Waals surface area (Å²) in [6.07, 6.45) is 1.18. The lowest BCUT2D eigenvalue weighted by atomic mass is 10.1. The largest absolute Gasteiger partial charge is 0.178 e. The molecule has 0 unspecified atom stereocenters. The first-order valence-electron chi connectivity index (χ1n) is 2.50. The number of hydrogen-bond donors (Lipinski definition) is 0. The van der Waals surface area contributed by atoms with Crippen molar-refractivity contribution in [2.24, 2.45) is 0 Å². The zero-order chi connectivity index (χ0) is 5.91. The highest BCUT2D eigenvalue weighted by atomic mass is 35.6. The molecule has 0 N–H and O–H groups in total. The lowest BCUT2D eigenvalue weighted by Gasteiger charge is -2.15. The maximum Gasteiger partial charge on any atom is 0.178 e. The average Bonchev–Trinajstić information content (AvgIpc) is 1.68. The van der Waals surface area contributed by atoms with E-state index in [2.05, 4.69) is 20.8 Å². The second kappa shape index (κ2) is 2.73. The summed E-state index contributed by atoms with van der Waals surface area (Å²) in [6, 6.07) is 0. The molecule has 0 spiro atoms. The van der Waals surface area contributed by atoms with E-state index in [1.165, 1.54) is 6.42 Å². The molecule has 7 heavy (non-hydrogen) atoms. The van der Waals surface area contributed by atoms with Gasteiger partial charge in [-0.2, -0.15) is 11.1 Å². The van der Waals surface area contributed by atoms with E-state index in [1.807, 2.05) is 0 Å². The van der Waals surface area contributed by atoms with Crippen molar-refractivity contribution < 1.29 is 0 Å². The van der Waals surface area contributed by atoms with E-state index in [-0.39, 0.29) is 0 Å². The molecule has 42 valence electrons. The maximum absolute atomic E-state index is 5.62. The predicted octanol–water partition coefficient (Wildman–Crippen LogP) is 2.45. The van der Waals surface area contributed by atoms with Crippen LogP contribution in [0.15, 0.2) is 0 Å². The first kappa shape index (κ1) is 7.51. The molecule has 2 heteroatoms. The Morgan fingerprint density at radius 3 is 2.00 bits per heavy atom. The van der Waals surface area contributed by atoms with Gasteiger partial charge >= 0.3 is 0 Å². The number of halogens is 1. The van der Waals surface area contributed by atoms with Gasteiger partial charge < -0.3 is 0 Å². The summed E-state index contributed by atoms with van der Waals surface area (Å²) in [6.45, 7) is 6.52. The first-order valence-corrected chi connectivity index (χ1v) is 4.51. The minimum atomic E-state index is 0.377. The predicted molar refractivity (Wildman–Crippen MR) is 35.9 cm³/mol. The highest BCUT2D eigenvalue weighted by molar-refractivity contribution is 6.95. The van der Waals surface area contributed by atoms with Crippen molar-refractivity contribution in [3.8, 4) is 0 Å². The molecule has 0 amide bonds. The maximum atomic E-state index is 5.62. The summed E-state index contributed by atoms with van der Waals surface area (Å²) >= 11 is 5.62. The standard InChI is InChI=1S/C5H11ClSi/c1-4-5(2,3)7-6/h4H2,1-3H3. The fourth-order valence-electron chi connectivity index (χ4n) is 0.0668. The van der Waals surface area contributed by atoms with E-state index >= 15 is 0 Å². The molecule has 2 radical (unpaired) electrons. The van der Waals surface area contributed by atoms with Crippen LogP contribution < -0.4 is 0 Å². The van der Waals surface area contributed by atoms with Gasteiger partial charge in [-0.3, -0.25) is 0 Å². The quantitative estimate of drug-likeness (QED) is 0.402. The third-order valence-corrected chi connectivity index (χ3v) is 3.54. The van der Waals surface area contributed by atoms with E-state index in [0.717, 1.165) is 0 Å². The molecule has 0 atom stereocenters. The Balaban J connectivity index is 3.36. The smallest absolute Gasteiger partial charge is 0.171 e. The Bertz CT molecular complexity index is 46.0. The number of hydrogen-bond acceptors (Lipinski definition) is 0. The van der Waals surface area contributed by atoms with Crippen molar-refractivity contribution in [2.45, 2.75) is 32.2 Å². The van der Waals surface area contributed by atoms with Crippen molar-refractivity contribution in [3.63, 3.8) is 0 Å². The molecule has 0 bridgehead atoms. The van der Waals surface area contributed by atoms with Crippen LogP contribution in [0.25, 0.3) is 0 Å². The molecule has 0 aliphatic heterocycles. The van der Waals surface area contributed by atoms with Crippen molar-refractivity contribution in [1.82, 2.24) is 0 Å². The van der Waals surface area contributed by atoms with Crippen LogP contribution in [0.2, 0.25) is 5.04 Å². The zero-order valence-corrected chi connectivity index (χ0v) is 6.84. The molecule has 0 saturated carbocycles. The SMILES string of the molecule is CCC(C)(C)[Si]Cl. The molecular weight excluding hydrogens is 124 g/mol. The van der Waals surface area contributed by atoms with Crippen LogP contribution >= 0.6 is 11.1 Å². The van der Waals surface area contributed by atoms with Crippen LogP contribution in [-0.4, -0.2) is 8.83 Å². The van der Waals surface area contributed by atoms with Gasteiger partial charge in [0, 0.05) is 0 Å². The summed E-state index contributed by atoms with van der Waals surface area (Å²) in [7, 11) is 0.557. The lowest BCUT2D eigenvalue weighted by molar-refractivity contribution is 0.651. The van der Waals surface area contributed by atoms with E-state index in [0.29, 0.717) is 13.9 Å². The first-order chi connectivity index (χ1) is 3.12. The average molecular weight is 135 g/mol. The molecule has 0 aromatic rings. The monoisotopic (exact) mass is 134 g/mol. The highest BCUT2D eigenvalue weighted by Crippen LogP contribution is 2.27. The van der Waals surface area contributed by atoms with Crippen molar-refractivity contribution >= 4 is 19.9 Å². The Morgan fingerprint density at radius 1 is 1.57 bits per heavy atom.